The summed E-state index contributed by atoms with van der Waals surface area (Å²) in [6.07, 6.45) is -0.111. The minimum Gasteiger partial charge on any atom is -0.508 e. The van der Waals surface area contributed by atoms with Gasteiger partial charge >= 0.3 is 6.03 Å². The topological polar surface area (TPSA) is 111 Å². The van der Waals surface area contributed by atoms with Gasteiger partial charge in [-0.2, -0.15) is 0 Å². The number of benzene rings is 2. The zero-order valence-corrected chi connectivity index (χ0v) is 14.3. The highest BCUT2D eigenvalue weighted by Crippen LogP contribution is 2.11. The third-order valence-corrected chi connectivity index (χ3v) is 3.64. The van der Waals surface area contributed by atoms with Gasteiger partial charge in [-0.15, -0.1) is 0 Å². The van der Waals surface area contributed by atoms with E-state index in [1.165, 1.54) is 0 Å². The van der Waals surface area contributed by atoms with Crippen molar-refractivity contribution in [2.24, 2.45) is 0 Å². The van der Waals surface area contributed by atoms with Crippen LogP contribution in [0.15, 0.2) is 54.6 Å². The van der Waals surface area contributed by atoms with Crippen LogP contribution < -0.4 is 16.0 Å². The Morgan fingerprint density at radius 2 is 1.65 bits per heavy atom. The van der Waals surface area contributed by atoms with E-state index in [2.05, 4.69) is 16.0 Å². The Bertz CT molecular complexity index is 704. The van der Waals surface area contributed by atoms with Crippen molar-refractivity contribution in [1.29, 1.82) is 0 Å². The fourth-order valence-electron chi connectivity index (χ4n) is 2.32. The summed E-state index contributed by atoms with van der Waals surface area (Å²) in [6.45, 7) is 1.15. The lowest BCUT2D eigenvalue weighted by Gasteiger charge is -2.12. The van der Waals surface area contributed by atoms with Crippen molar-refractivity contribution in [3.05, 3.63) is 65.7 Å². The minimum atomic E-state index is -0.576. The van der Waals surface area contributed by atoms with Crippen LogP contribution in [0, 0.1) is 0 Å². The number of carbonyl (C=O) groups is 2. The first-order valence-electron chi connectivity index (χ1n) is 8.35. The molecule has 7 heteroatoms. The van der Waals surface area contributed by atoms with Crippen LogP contribution in [0.2, 0.25) is 0 Å². The fraction of sp³-hybridized carbons (Fsp3) is 0.263. The Balaban J connectivity index is 1.57. The summed E-state index contributed by atoms with van der Waals surface area (Å²) in [5, 5.41) is 27.0. The molecule has 2 rings (SSSR count). The van der Waals surface area contributed by atoms with Crippen molar-refractivity contribution >= 4 is 11.9 Å². The van der Waals surface area contributed by atoms with Gasteiger partial charge < -0.3 is 20.8 Å². The number of aliphatic hydroxyl groups is 1. The Morgan fingerprint density at radius 1 is 0.962 bits per heavy atom. The first-order chi connectivity index (χ1) is 12.5. The van der Waals surface area contributed by atoms with Crippen LogP contribution in [-0.4, -0.2) is 47.9 Å². The lowest BCUT2D eigenvalue weighted by molar-refractivity contribution is 0.0964. The van der Waals surface area contributed by atoms with E-state index < -0.39 is 18.0 Å². The lowest BCUT2D eigenvalue weighted by atomic mass is 10.1. The van der Waals surface area contributed by atoms with Gasteiger partial charge in [-0.1, -0.05) is 30.3 Å². The predicted molar refractivity (Wildman–Crippen MR) is 98.0 cm³/mol. The summed E-state index contributed by atoms with van der Waals surface area (Å²) in [5.41, 5.74) is 1.34. The standard InChI is InChI=1S/C19H23N3O4/c23-16-8-6-14(7-9-16)12-17(24)13-20-10-11-21-19(26)22-18(25)15-4-2-1-3-5-15/h1-9,17,20,23-24H,10-13H2,(H2,21,22,25,26). The number of phenolic OH excluding ortho intramolecular Hbond substituents is 1. The molecule has 7 nitrogen and oxygen atoms in total. The van der Waals surface area contributed by atoms with Gasteiger partial charge in [-0.25, -0.2) is 4.79 Å². The van der Waals surface area contributed by atoms with Gasteiger partial charge in [0.15, 0.2) is 0 Å². The molecule has 0 heterocycles. The van der Waals surface area contributed by atoms with Crippen molar-refractivity contribution < 1.29 is 19.8 Å². The van der Waals surface area contributed by atoms with E-state index in [1.54, 1.807) is 54.6 Å². The number of hydrogen-bond acceptors (Lipinski definition) is 5. The number of rotatable bonds is 8. The molecule has 2 aromatic rings. The van der Waals surface area contributed by atoms with E-state index >= 15 is 0 Å². The zero-order valence-electron chi connectivity index (χ0n) is 14.3. The number of imide groups is 1. The number of hydrogen-bond donors (Lipinski definition) is 5. The second-order valence-corrected chi connectivity index (χ2v) is 5.80. The summed E-state index contributed by atoms with van der Waals surface area (Å²) < 4.78 is 0. The summed E-state index contributed by atoms with van der Waals surface area (Å²) in [4.78, 5) is 23.4. The van der Waals surface area contributed by atoms with Crippen LogP contribution in [0.5, 0.6) is 5.75 Å². The molecule has 0 fully saturated rings. The molecule has 0 aliphatic carbocycles. The van der Waals surface area contributed by atoms with Gasteiger partial charge in [-0.05, 0) is 36.2 Å². The van der Waals surface area contributed by atoms with Crippen molar-refractivity contribution in [2.75, 3.05) is 19.6 Å². The maximum atomic E-state index is 11.8. The Morgan fingerprint density at radius 3 is 2.35 bits per heavy atom. The molecule has 3 amide bonds. The van der Waals surface area contributed by atoms with Crippen LogP contribution in [0.4, 0.5) is 4.79 Å². The summed E-state index contributed by atoms with van der Waals surface area (Å²) in [7, 11) is 0. The van der Waals surface area contributed by atoms with Gasteiger partial charge in [0, 0.05) is 25.2 Å². The van der Waals surface area contributed by atoms with E-state index in [-0.39, 0.29) is 5.75 Å². The maximum absolute atomic E-state index is 11.8. The SMILES string of the molecule is O=C(NCCNCC(O)Cc1ccc(O)cc1)NC(=O)c1ccccc1. The average Bonchev–Trinajstić information content (AvgIpc) is 2.64. The third-order valence-electron chi connectivity index (χ3n) is 3.64. The van der Waals surface area contributed by atoms with Crippen LogP contribution in [0.3, 0.4) is 0 Å². The molecule has 0 radical (unpaired) electrons. The molecule has 0 aromatic heterocycles. The molecule has 1 atom stereocenters. The molecule has 2 aromatic carbocycles. The monoisotopic (exact) mass is 357 g/mol. The highest BCUT2D eigenvalue weighted by atomic mass is 16.3. The van der Waals surface area contributed by atoms with Crippen molar-refractivity contribution in [1.82, 2.24) is 16.0 Å². The number of amides is 3. The third kappa shape index (κ3) is 6.92. The molecular weight excluding hydrogens is 334 g/mol. The van der Waals surface area contributed by atoms with Gasteiger partial charge in [0.05, 0.1) is 6.10 Å². The first kappa shape index (κ1) is 19.4. The smallest absolute Gasteiger partial charge is 0.321 e. The highest BCUT2D eigenvalue weighted by Gasteiger charge is 2.09. The maximum Gasteiger partial charge on any atom is 0.321 e. The van der Waals surface area contributed by atoms with Crippen LogP contribution >= 0.6 is 0 Å². The molecule has 0 aliphatic heterocycles. The number of aromatic hydroxyl groups is 1. The van der Waals surface area contributed by atoms with E-state index in [1.807, 2.05) is 0 Å². The second-order valence-electron chi connectivity index (χ2n) is 5.80. The van der Waals surface area contributed by atoms with Crippen LogP contribution in [0.25, 0.3) is 0 Å². The molecule has 0 spiro atoms. The molecule has 138 valence electrons. The molecule has 0 saturated carbocycles. The number of nitrogens with one attached hydrogen (secondary N) is 3. The summed E-state index contributed by atoms with van der Waals surface area (Å²) >= 11 is 0. The molecule has 0 bridgehead atoms. The number of phenols is 1. The Hall–Kier alpha value is -2.90. The molecule has 0 saturated heterocycles. The fourth-order valence-corrected chi connectivity index (χ4v) is 2.32. The molecular formula is C19H23N3O4. The molecule has 5 N–H and O–H groups in total. The van der Waals surface area contributed by atoms with E-state index in [0.717, 1.165) is 5.56 Å². The number of urea groups is 1. The average molecular weight is 357 g/mol. The van der Waals surface area contributed by atoms with Gasteiger partial charge in [0.1, 0.15) is 5.75 Å². The van der Waals surface area contributed by atoms with Crippen molar-refractivity contribution in [3.8, 4) is 5.75 Å². The quantitative estimate of drug-likeness (QED) is 0.453. The molecule has 0 aliphatic rings. The Labute approximate surface area is 152 Å². The van der Waals surface area contributed by atoms with Crippen molar-refractivity contribution in [3.63, 3.8) is 0 Å². The van der Waals surface area contributed by atoms with Crippen LogP contribution in [0.1, 0.15) is 15.9 Å². The highest BCUT2D eigenvalue weighted by molar-refractivity contribution is 6.04. The van der Waals surface area contributed by atoms with Gasteiger partial charge in [0.25, 0.3) is 5.91 Å². The normalized spacial score (nSPS) is 11.6. The largest absolute Gasteiger partial charge is 0.508 e. The van der Waals surface area contributed by atoms with Gasteiger partial charge in [-0.3, -0.25) is 10.1 Å². The predicted octanol–water partition coefficient (Wildman–Crippen LogP) is 1.02. The Kier molecular flexibility index (Phi) is 7.60. The van der Waals surface area contributed by atoms with E-state index in [9.17, 15) is 19.8 Å². The van der Waals surface area contributed by atoms with Crippen molar-refractivity contribution in [2.45, 2.75) is 12.5 Å². The molecule has 1 unspecified atom stereocenters. The lowest BCUT2D eigenvalue weighted by Crippen LogP contribution is -2.42. The van der Waals surface area contributed by atoms with Gasteiger partial charge in [0.2, 0.25) is 0 Å². The molecule has 26 heavy (non-hydrogen) atoms. The van der Waals surface area contributed by atoms with E-state index in [0.29, 0.717) is 31.6 Å². The van der Waals surface area contributed by atoms with Crippen LogP contribution in [-0.2, 0) is 6.42 Å². The minimum absolute atomic E-state index is 0.191. The number of aliphatic hydroxyl groups excluding tert-OH is 1. The number of carbonyl (C=O) groups excluding carboxylic acids is 2. The summed E-state index contributed by atoms with van der Waals surface area (Å²) in [6, 6.07) is 14.6. The zero-order chi connectivity index (χ0) is 18.8. The van der Waals surface area contributed by atoms with E-state index in [4.69, 9.17) is 0 Å². The summed E-state index contributed by atoms with van der Waals surface area (Å²) in [5.74, 6) is -0.267. The first-order valence-corrected chi connectivity index (χ1v) is 8.35. The second kappa shape index (κ2) is 10.2.